The lowest BCUT2D eigenvalue weighted by atomic mass is 9.97. The summed E-state index contributed by atoms with van der Waals surface area (Å²) in [5.41, 5.74) is 2.50. The van der Waals surface area contributed by atoms with Gasteiger partial charge in [-0.25, -0.2) is 4.99 Å². The van der Waals surface area contributed by atoms with Crippen molar-refractivity contribution in [2.24, 2.45) is 10.9 Å². The molecule has 1 fully saturated rings. The molecule has 0 saturated carbocycles. The van der Waals surface area contributed by atoms with Crippen molar-refractivity contribution in [3.05, 3.63) is 35.4 Å². The molecule has 5 heteroatoms. The van der Waals surface area contributed by atoms with Gasteiger partial charge in [0.25, 0.3) is 0 Å². The number of hydrogen-bond acceptors (Lipinski definition) is 3. The summed E-state index contributed by atoms with van der Waals surface area (Å²) >= 11 is 0. The van der Waals surface area contributed by atoms with Crippen LogP contribution >= 0.6 is 0 Å². The Morgan fingerprint density at radius 2 is 2.04 bits per heavy atom. The number of methoxy groups -OCH3 is 1. The monoisotopic (exact) mass is 317 g/mol. The Kier molecular flexibility index (Phi) is 6.44. The van der Waals surface area contributed by atoms with Crippen LogP contribution in [0.25, 0.3) is 0 Å². The van der Waals surface area contributed by atoms with Crippen molar-refractivity contribution in [2.75, 3.05) is 26.7 Å². The first-order chi connectivity index (χ1) is 11.2. The fourth-order valence-electron chi connectivity index (χ4n) is 2.87. The molecule has 0 spiro atoms. The predicted molar refractivity (Wildman–Crippen MR) is 92.3 cm³/mol. The van der Waals surface area contributed by atoms with Crippen molar-refractivity contribution in [1.29, 1.82) is 0 Å². The molecule has 126 valence electrons. The third kappa shape index (κ3) is 4.71. The normalized spacial score (nSPS) is 16.3. The van der Waals surface area contributed by atoms with Gasteiger partial charge >= 0.3 is 5.97 Å². The third-order valence-electron chi connectivity index (χ3n) is 4.32. The fourth-order valence-corrected chi connectivity index (χ4v) is 2.87. The molecule has 5 nitrogen and oxygen atoms in total. The van der Waals surface area contributed by atoms with E-state index in [1.165, 1.54) is 18.2 Å². The molecule has 0 bridgehead atoms. The molecule has 0 unspecified atom stereocenters. The highest BCUT2D eigenvalue weighted by Gasteiger charge is 2.26. The van der Waals surface area contributed by atoms with Crippen LogP contribution in [0, 0.1) is 12.8 Å². The van der Waals surface area contributed by atoms with Gasteiger partial charge in [0, 0.05) is 19.6 Å². The zero-order valence-corrected chi connectivity index (χ0v) is 14.3. The number of aryl methyl sites for hydroxylation is 1. The summed E-state index contributed by atoms with van der Waals surface area (Å²) < 4.78 is 4.85. The van der Waals surface area contributed by atoms with Gasteiger partial charge in [-0.15, -0.1) is 0 Å². The number of nitrogens with zero attached hydrogens (tertiary/aromatic N) is 2. The van der Waals surface area contributed by atoms with Crippen LogP contribution in [0.2, 0.25) is 0 Å². The summed E-state index contributed by atoms with van der Waals surface area (Å²) in [4.78, 5) is 18.6. The fraction of sp³-hybridized carbons (Fsp3) is 0.556. The average Bonchev–Trinajstić information content (AvgIpc) is 2.59. The topological polar surface area (TPSA) is 53.9 Å². The predicted octanol–water partition coefficient (Wildman–Crippen LogP) is 2.35. The van der Waals surface area contributed by atoms with E-state index in [9.17, 15) is 4.79 Å². The van der Waals surface area contributed by atoms with Gasteiger partial charge in [-0.2, -0.15) is 0 Å². The van der Waals surface area contributed by atoms with Gasteiger partial charge in [-0.3, -0.25) is 4.79 Å². The number of carbonyl (C=O) groups excluding carboxylic acids is 1. The maximum Gasteiger partial charge on any atom is 0.308 e. The second-order valence-electron chi connectivity index (χ2n) is 5.88. The quantitative estimate of drug-likeness (QED) is 0.526. The first-order valence-electron chi connectivity index (χ1n) is 8.31. The lowest BCUT2D eigenvalue weighted by molar-refractivity contribution is -0.146. The number of benzene rings is 1. The molecular weight excluding hydrogens is 290 g/mol. The molecule has 1 N–H and O–H groups in total. The smallest absolute Gasteiger partial charge is 0.308 e. The summed E-state index contributed by atoms with van der Waals surface area (Å²) in [6.07, 6.45) is 1.64. The Labute approximate surface area is 138 Å². The molecule has 23 heavy (non-hydrogen) atoms. The van der Waals surface area contributed by atoms with E-state index in [4.69, 9.17) is 9.73 Å². The van der Waals surface area contributed by atoms with Crippen LogP contribution in [0.1, 0.15) is 30.9 Å². The van der Waals surface area contributed by atoms with Crippen molar-refractivity contribution in [3.63, 3.8) is 0 Å². The van der Waals surface area contributed by atoms with Gasteiger partial charge < -0.3 is 15.0 Å². The number of guanidine groups is 1. The van der Waals surface area contributed by atoms with Crippen LogP contribution < -0.4 is 5.32 Å². The second-order valence-corrected chi connectivity index (χ2v) is 5.88. The zero-order chi connectivity index (χ0) is 16.7. The third-order valence-corrected chi connectivity index (χ3v) is 4.32. The van der Waals surface area contributed by atoms with Gasteiger partial charge in [0.2, 0.25) is 0 Å². The van der Waals surface area contributed by atoms with Crippen molar-refractivity contribution in [2.45, 2.75) is 33.2 Å². The number of carbonyl (C=O) groups is 1. The summed E-state index contributed by atoms with van der Waals surface area (Å²) in [6.45, 7) is 7.36. The Bertz CT molecular complexity index is 549. The first kappa shape index (κ1) is 17.3. The van der Waals surface area contributed by atoms with Crippen LogP contribution in [0.4, 0.5) is 0 Å². The average molecular weight is 317 g/mol. The number of ether oxygens (including phenoxy) is 1. The van der Waals surface area contributed by atoms with Gasteiger partial charge in [0.15, 0.2) is 5.96 Å². The number of nitrogens with one attached hydrogen (secondary N) is 1. The maximum atomic E-state index is 11.6. The Morgan fingerprint density at radius 1 is 1.35 bits per heavy atom. The molecule has 0 aliphatic carbocycles. The van der Waals surface area contributed by atoms with Crippen molar-refractivity contribution in [3.8, 4) is 0 Å². The standard InChI is InChI=1S/C18H27N3O2/c1-4-19-18(20-13-16-8-6-5-7-14(16)2)21-11-9-15(10-12-21)17(22)23-3/h5-8,15H,4,9-13H2,1-3H3,(H,19,20). The Morgan fingerprint density at radius 3 is 2.65 bits per heavy atom. The van der Waals surface area contributed by atoms with E-state index in [0.29, 0.717) is 6.54 Å². The molecular formula is C18H27N3O2. The highest BCUT2D eigenvalue weighted by Crippen LogP contribution is 2.18. The van der Waals surface area contributed by atoms with E-state index >= 15 is 0 Å². The molecule has 1 aromatic carbocycles. The first-order valence-corrected chi connectivity index (χ1v) is 8.31. The summed E-state index contributed by atoms with van der Waals surface area (Å²) in [7, 11) is 1.46. The molecule has 0 aromatic heterocycles. The lowest BCUT2D eigenvalue weighted by Gasteiger charge is -2.33. The number of rotatable bonds is 4. The molecule has 1 aromatic rings. The molecule has 1 saturated heterocycles. The molecule has 1 aliphatic rings. The van der Waals surface area contributed by atoms with Crippen molar-refractivity contribution < 1.29 is 9.53 Å². The van der Waals surface area contributed by atoms with E-state index in [-0.39, 0.29) is 11.9 Å². The van der Waals surface area contributed by atoms with Crippen molar-refractivity contribution >= 4 is 11.9 Å². The largest absolute Gasteiger partial charge is 0.469 e. The Balaban J connectivity index is 2.00. The van der Waals surface area contributed by atoms with Crippen LogP contribution in [0.5, 0.6) is 0 Å². The summed E-state index contributed by atoms with van der Waals surface area (Å²) in [5.74, 6) is 0.862. The maximum absolute atomic E-state index is 11.6. The minimum Gasteiger partial charge on any atom is -0.469 e. The van der Waals surface area contributed by atoms with Crippen molar-refractivity contribution in [1.82, 2.24) is 10.2 Å². The van der Waals surface area contributed by atoms with E-state index in [1.807, 2.05) is 12.1 Å². The molecule has 0 radical (unpaired) electrons. The van der Waals surface area contributed by atoms with Gasteiger partial charge in [0.05, 0.1) is 19.6 Å². The van der Waals surface area contributed by atoms with Crippen LogP contribution in [0.3, 0.4) is 0 Å². The molecule has 1 heterocycles. The minimum absolute atomic E-state index is 0.0236. The number of esters is 1. The highest BCUT2D eigenvalue weighted by molar-refractivity contribution is 5.80. The number of likely N-dealkylation sites (tertiary alicyclic amines) is 1. The highest BCUT2D eigenvalue weighted by atomic mass is 16.5. The molecule has 1 aliphatic heterocycles. The van der Waals surface area contributed by atoms with E-state index in [0.717, 1.165) is 38.4 Å². The molecule has 2 rings (SSSR count). The number of piperidine rings is 1. The zero-order valence-electron chi connectivity index (χ0n) is 14.3. The minimum atomic E-state index is -0.0912. The van der Waals surface area contributed by atoms with Crippen LogP contribution in [0.15, 0.2) is 29.3 Å². The van der Waals surface area contributed by atoms with Gasteiger partial charge in [-0.1, -0.05) is 24.3 Å². The van der Waals surface area contributed by atoms with E-state index < -0.39 is 0 Å². The number of aliphatic imine (C=N–C) groups is 1. The second kappa shape index (κ2) is 8.56. The SMILES string of the molecule is CCNC(=NCc1ccccc1C)N1CCC(C(=O)OC)CC1. The lowest BCUT2D eigenvalue weighted by Crippen LogP contribution is -2.46. The number of hydrogen-bond donors (Lipinski definition) is 1. The summed E-state index contributed by atoms with van der Waals surface area (Å²) in [6, 6.07) is 8.32. The van der Waals surface area contributed by atoms with Crippen LogP contribution in [-0.4, -0.2) is 43.6 Å². The summed E-state index contributed by atoms with van der Waals surface area (Å²) in [5, 5.41) is 3.36. The van der Waals surface area contributed by atoms with E-state index in [2.05, 4.69) is 36.2 Å². The van der Waals surface area contributed by atoms with Crippen LogP contribution in [-0.2, 0) is 16.1 Å². The van der Waals surface area contributed by atoms with E-state index in [1.54, 1.807) is 0 Å². The molecule has 0 amide bonds. The molecule has 0 atom stereocenters. The Hall–Kier alpha value is -2.04. The van der Waals surface area contributed by atoms with Gasteiger partial charge in [-0.05, 0) is 37.8 Å². The van der Waals surface area contributed by atoms with Gasteiger partial charge in [0.1, 0.15) is 0 Å².